The maximum atomic E-state index is 11.9. The number of fused-ring (bicyclic) bond motifs is 1. The summed E-state index contributed by atoms with van der Waals surface area (Å²) in [6.07, 6.45) is 2.76. The van der Waals surface area contributed by atoms with Gasteiger partial charge in [-0.05, 0) is 35.9 Å². The molecule has 0 spiro atoms. The van der Waals surface area contributed by atoms with Crippen LogP contribution in [0.4, 0.5) is 5.82 Å². The molecule has 1 aliphatic rings. The third-order valence-corrected chi connectivity index (χ3v) is 6.37. The molecule has 146 valence electrons. The van der Waals surface area contributed by atoms with Crippen LogP contribution in [0, 0.1) is 0 Å². The van der Waals surface area contributed by atoms with Crippen molar-refractivity contribution in [3.05, 3.63) is 59.4 Å². The summed E-state index contributed by atoms with van der Waals surface area (Å²) in [7, 11) is -3.28. The second-order valence-electron chi connectivity index (χ2n) is 7.04. The molecule has 0 radical (unpaired) electrons. The fourth-order valence-electron chi connectivity index (χ4n) is 3.47. The molecule has 8 heteroatoms. The summed E-state index contributed by atoms with van der Waals surface area (Å²) in [5.41, 5.74) is 1.99. The molecule has 1 aliphatic heterocycles. The molecule has 0 amide bonds. The van der Waals surface area contributed by atoms with E-state index in [1.807, 2.05) is 12.1 Å². The summed E-state index contributed by atoms with van der Waals surface area (Å²) >= 11 is 5.96. The molecule has 0 N–H and O–H groups in total. The number of nitrogens with zero attached hydrogens (tertiary/aromatic N) is 4. The summed E-state index contributed by atoms with van der Waals surface area (Å²) in [5, 5.41) is 1.52. The Morgan fingerprint density at radius 2 is 1.71 bits per heavy atom. The third-order valence-electron chi connectivity index (χ3n) is 5.01. The highest BCUT2D eigenvalue weighted by atomic mass is 35.5. The zero-order chi connectivity index (χ0) is 19.7. The molecule has 4 rings (SSSR count). The molecule has 0 atom stereocenters. The fourth-order valence-corrected chi connectivity index (χ4v) is 4.24. The number of rotatable bonds is 4. The van der Waals surface area contributed by atoms with E-state index >= 15 is 0 Å². The smallest absolute Gasteiger partial charge is 0.175 e. The highest BCUT2D eigenvalue weighted by Crippen LogP contribution is 2.26. The van der Waals surface area contributed by atoms with E-state index in [0.29, 0.717) is 0 Å². The Morgan fingerprint density at radius 1 is 1.00 bits per heavy atom. The van der Waals surface area contributed by atoms with Gasteiger partial charge in [0.05, 0.1) is 10.4 Å². The number of anilines is 1. The zero-order valence-electron chi connectivity index (χ0n) is 15.5. The van der Waals surface area contributed by atoms with Crippen LogP contribution in [-0.4, -0.2) is 55.7 Å². The van der Waals surface area contributed by atoms with E-state index in [1.54, 1.807) is 18.2 Å². The largest absolute Gasteiger partial charge is 0.353 e. The highest BCUT2D eigenvalue weighted by Gasteiger charge is 2.21. The zero-order valence-corrected chi connectivity index (χ0v) is 17.1. The third kappa shape index (κ3) is 4.11. The first-order chi connectivity index (χ1) is 13.4. The quantitative estimate of drug-likeness (QED) is 0.651. The summed E-state index contributed by atoms with van der Waals surface area (Å²) in [4.78, 5) is 13.6. The Morgan fingerprint density at radius 3 is 2.39 bits per heavy atom. The summed E-state index contributed by atoms with van der Waals surface area (Å²) in [5.74, 6) is 0.793. The van der Waals surface area contributed by atoms with E-state index in [9.17, 15) is 8.42 Å². The molecule has 28 heavy (non-hydrogen) atoms. The van der Waals surface area contributed by atoms with Gasteiger partial charge in [0.15, 0.2) is 9.84 Å². The Balaban J connectivity index is 1.52. The van der Waals surface area contributed by atoms with E-state index in [0.717, 1.165) is 54.5 Å². The lowest BCUT2D eigenvalue weighted by Gasteiger charge is -2.35. The topological polar surface area (TPSA) is 66.4 Å². The summed E-state index contributed by atoms with van der Waals surface area (Å²) in [6, 6.07) is 13.0. The van der Waals surface area contributed by atoms with Crippen LogP contribution in [0.5, 0.6) is 0 Å². The molecule has 0 aliphatic carbocycles. The molecule has 1 fully saturated rings. The van der Waals surface area contributed by atoms with Gasteiger partial charge < -0.3 is 4.90 Å². The summed E-state index contributed by atoms with van der Waals surface area (Å²) in [6.45, 7) is 4.33. The highest BCUT2D eigenvalue weighted by molar-refractivity contribution is 7.90. The van der Waals surface area contributed by atoms with Gasteiger partial charge in [0.2, 0.25) is 0 Å². The molecule has 0 unspecified atom stereocenters. The van der Waals surface area contributed by atoms with Gasteiger partial charge >= 0.3 is 0 Å². The van der Waals surface area contributed by atoms with Crippen LogP contribution in [0.25, 0.3) is 10.9 Å². The van der Waals surface area contributed by atoms with Crippen molar-refractivity contribution in [3.8, 4) is 0 Å². The van der Waals surface area contributed by atoms with Gasteiger partial charge in [-0.3, -0.25) is 4.90 Å². The van der Waals surface area contributed by atoms with E-state index in [4.69, 9.17) is 11.6 Å². The van der Waals surface area contributed by atoms with Gasteiger partial charge in [-0.15, -0.1) is 0 Å². The average molecular weight is 417 g/mol. The van der Waals surface area contributed by atoms with Crippen molar-refractivity contribution in [1.29, 1.82) is 0 Å². The van der Waals surface area contributed by atoms with Gasteiger partial charge in [-0.25, -0.2) is 18.4 Å². The number of benzene rings is 2. The van der Waals surface area contributed by atoms with Crippen LogP contribution in [-0.2, 0) is 16.4 Å². The summed E-state index contributed by atoms with van der Waals surface area (Å²) < 4.78 is 23.9. The average Bonchev–Trinajstić information content (AvgIpc) is 2.69. The van der Waals surface area contributed by atoms with Gasteiger partial charge in [-0.2, -0.15) is 0 Å². The van der Waals surface area contributed by atoms with Crippen LogP contribution in [0.15, 0.2) is 53.7 Å². The Hall–Kier alpha value is -2.22. The SMILES string of the molecule is CS(=O)(=O)c1ccc2ncnc(N3CCN(Cc4ccc(Cl)cc4)CC3)c2c1. The van der Waals surface area contributed by atoms with Crippen molar-refractivity contribution in [2.45, 2.75) is 11.4 Å². The maximum Gasteiger partial charge on any atom is 0.175 e. The van der Waals surface area contributed by atoms with Gasteiger partial charge in [-0.1, -0.05) is 23.7 Å². The molecule has 1 aromatic heterocycles. The molecule has 0 bridgehead atoms. The van der Waals surface area contributed by atoms with E-state index in [-0.39, 0.29) is 4.90 Å². The molecular formula is C20H21ClN4O2S. The van der Waals surface area contributed by atoms with Crippen LogP contribution in [0.3, 0.4) is 0 Å². The Kier molecular flexibility index (Phi) is 5.23. The predicted molar refractivity (Wildman–Crippen MR) is 112 cm³/mol. The van der Waals surface area contributed by atoms with Crippen LogP contribution in [0.2, 0.25) is 5.02 Å². The van der Waals surface area contributed by atoms with Crippen molar-refractivity contribution in [1.82, 2.24) is 14.9 Å². The lowest BCUT2D eigenvalue weighted by atomic mass is 10.2. The van der Waals surface area contributed by atoms with Crippen molar-refractivity contribution >= 4 is 38.2 Å². The van der Waals surface area contributed by atoms with Crippen molar-refractivity contribution in [2.24, 2.45) is 0 Å². The second kappa shape index (κ2) is 7.66. The van der Waals surface area contributed by atoms with E-state index in [1.165, 1.54) is 18.1 Å². The number of hydrogen-bond donors (Lipinski definition) is 0. The maximum absolute atomic E-state index is 11.9. The van der Waals surface area contributed by atoms with Crippen molar-refractivity contribution in [2.75, 3.05) is 37.3 Å². The lowest BCUT2D eigenvalue weighted by molar-refractivity contribution is 0.249. The molecule has 0 saturated carbocycles. The van der Waals surface area contributed by atoms with Crippen molar-refractivity contribution in [3.63, 3.8) is 0 Å². The Bertz CT molecular complexity index is 1090. The number of aromatic nitrogens is 2. The van der Waals surface area contributed by atoms with Gasteiger partial charge in [0.1, 0.15) is 12.1 Å². The van der Waals surface area contributed by atoms with E-state index in [2.05, 4.69) is 31.9 Å². The molecule has 1 saturated heterocycles. The van der Waals surface area contributed by atoms with Gasteiger partial charge in [0.25, 0.3) is 0 Å². The molecular weight excluding hydrogens is 396 g/mol. The normalized spacial score (nSPS) is 15.9. The van der Waals surface area contributed by atoms with Gasteiger partial charge in [0, 0.05) is 49.4 Å². The van der Waals surface area contributed by atoms with Crippen molar-refractivity contribution < 1.29 is 8.42 Å². The van der Waals surface area contributed by atoms with Crippen LogP contribution < -0.4 is 4.90 Å². The van der Waals surface area contributed by atoms with Crippen LogP contribution in [0.1, 0.15) is 5.56 Å². The minimum Gasteiger partial charge on any atom is -0.353 e. The number of halogens is 1. The number of hydrogen-bond acceptors (Lipinski definition) is 6. The van der Waals surface area contributed by atoms with E-state index < -0.39 is 9.84 Å². The predicted octanol–water partition coefficient (Wildman–Crippen LogP) is 3.01. The molecule has 6 nitrogen and oxygen atoms in total. The first-order valence-corrected chi connectivity index (χ1v) is 11.3. The fraction of sp³-hybridized carbons (Fsp3) is 0.300. The minimum absolute atomic E-state index is 0.289. The number of sulfone groups is 1. The lowest BCUT2D eigenvalue weighted by Crippen LogP contribution is -2.46. The number of piperazine rings is 1. The first kappa shape index (κ1) is 19.1. The molecule has 2 heterocycles. The monoisotopic (exact) mass is 416 g/mol. The Labute approximate surface area is 169 Å². The van der Waals surface area contributed by atoms with Crippen LogP contribution >= 0.6 is 11.6 Å². The molecule has 2 aromatic carbocycles. The minimum atomic E-state index is -3.28. The first-order valence-electron chi connectivity index (χ1n) is 9.07. The standard InChI is InChI=1S/C20H21ClN4O2S/c1-28(26,27)17-6-7-19-18(12-17)20(23-14-22-19)25-10-8-24(9-11-25)13-15-2-4-16(21)5-3-15/h2-7,12,14H,8-11,13H2,1H3. The second-order valence-corrected chi connectivity index (χ2v) is 9.49. The molecule has 3 aromatic rings.